The van der Waals surface area contributed by atoms with Crippen LogP contribution in [0.1, 0.15) is 19.8 Å². The van der Waals surface area contributed by atoms with Crippen molar-refractivity contribution in [2.24, 2.45) is 0 Å². The maximum Gasteiger partial charge on any atom is 0.188 e. The second-order valence-electron chi connectivity index (χ2n) is 1.33. The Labute approximate surface area is 48.5 Å². The first-order chi connectivity index (χ1) is 3.31. The zero-order chi connectivity index (χ0) is 5.70. The van der Waals surface area contributed by atoms with Gasteiger partial charge >= 0.3 is 0 Å². The molecule has 0 aliphatic rings. The van der Waals surface area contributed by atoms with Crippen molar-refractivity contribution in [3.05, 3.63) is 0 Å². The Morgan fingerprint density at radius 3 is 2.43 bits per heavy atom. The molecular formula is C5H10OS. The molecule has 0 saturated heterocycles. The Kier molecular flexibility index (Phi) is 4.20. The van der Waals surface area contributed by atoms with Crippen LogP contribution in [0, 0.1) is 0 Å². The zero-order valence-electron chi connectivity index (χ0n) is 4.73. The van der Waals surface area contributed by atoms with Gasteiger partial charge in [0.1, 0.15) is 0 Å². The summed E-state index contributed by atoms with van der Waals surface area (Å²) in [6.45, 7) is 2.01. The van der Waals surface area contributed by atoms with E-state index in [9.17, 15) is 4.79 Å². The first-order valence-corrected chi connectivity index (χ1v) is 3.60. The third-order valence-electron chi connectivity index (χ3n) is 0.682. The molecule has 0 radical (unpaired) electrons. The van der Waals surface area contributed by atoms with Crippen LogP contribution in [-0.2, 0) is 4.79 Å². The molecule has 0 saturated carbocycles. The molecule has 0 aliphatic heterocycles. The SMILES string of the molecule is CCCC(=O)SC. The van der Waals surface area contributed by atoms with Gasteiger partial charge in [0.25, 0.3) is 0 Å². The lowest BCUT2D eigenvalue weighted by Gasteiger charge is -1.86. The van der Waals surface area contributed by atoms with E-state index in [-0.39, 0.29) is 0 Å². The summed E-state index contributed by atoms with van der Waals surface area (Å²) in [4.78, 5) is 10.4. The number of carbonyl (C=O) groups is 1. The Balaban J connectivity index is 3.00. The molecule has 0 heterocycles. The predicted octanol–water partition coefficient (Wildman–Crippen LogP) is 1.68. The summed E-state index contributed by atoms with van der Waals surface area (Å²) in [5.74, 6) is 0. The number of rotatable bonds is 2. The Morgan fingerprint density at radius 2 is 2.29 bits per heavy atom. The Morgan fingerprint density at radius 1 is 1.71 bits per heavy atom. The first-order valence-electron chi connectivity index (χ1n) is 2.38. The third kappa shape index (κ3) is 3.86. The van der Waals surface area contributed by atoms with E-state index in [0.29, 0.717) is 5.12 Å². The molecule has 0 fully saturated rings. The fourth-order valence-electron chi connectivity index (χ4n) is 0.306. The van der Waals surface area contributed by atoms with E-state index in [0.717, 1.165) is 12.8 Å². The van der Waals surface area contributed by atoms with E-state index in [1.807, 2.05) is 13.2 Å². The average Bonchev–Trinajstić information content (AvgIpc) is 1.68. The molecule has 0 aromatic heterocycles. The van der Waals surface area contributed by atoms with E-state index in [4.69, 9.17) is 0 Å². The molecule has 0 rings (SSSR count). The molecule has 2 heteroatoms. The standard InChI is InChI=1S/C5H10OS/c1-3-4-5(6)7-2/h3-4H2,1-2H3. The van der Waals surface area contributed by atoms with Crippen LogP contribution >= 0.6 is 11.8 Å². The number of carbonyl (C=O) groups excluding carboxylic acids is 1. The lowest BCUT2D eigenvalue weighted by Crippen LogP contribution is -1.85. The van der Waals surface area contributed by atoms with Gasteiger partial charge in [0.05, 0.1) is 0 Å². The van der Waals surface area contributed by atoms with Gasteiger partial charge in [0.2, 0.25) is 0 Å². The van der Waals surface area contributed by atoms with Gasteiger partial charge in [-0.1, -0.05) is 18.7 Å². The molecule has 0 unspecified atom stereocenters. The minimum absolute atomic E-state index is 0.294. The normalized spacial score (nSPS) is 8.86. The smallest absolute Gasteiger partial charge is 0.188 e. The number of thioether (sulfide) groups is 1. The van der Waals surface area contributed by atoms with Crippen LogP contribution < -0.4 is 0 Å². The van der Waals surface area contributed by atoms with Crippen LogP contribution in [0.15, 0.2) is 0 Å². The van der Waals surface area contributed by atoms with Gasteiger partial charge in [0.15, 0.2) is 5.12 Å². The van der Waals surface area contributed by atoms with Crippen LogP contribution in [0.25, 0.3) is 0 Å². The molecule has 0 aliphatic carbocycles. The van der Waals surface area contributed by atoms with Crippen LogP contribution in [0.4, 0.5) is 0 Å². The van der Waals surface area contributed by atoms with Crippen molar-refractivity contribution in [2.45, 2.75) is 19.8 Å². The molecular weight excluding hydrogens is 108 g/mol. The topological polar surface area (TPSA) is 17.1 Å². The molecule has 0 atom stereocenters. The van der Waals surface area contributed by atoms with Crippen molar-refractivity contribution in [3.8, 4) is 0 Å². The molecule has 0 N–H and O–H groups in total. The highest BCUT2D eigenvalue weighted by Gasteiger charge is 1.92. The van der Waals surface area contributed by atoms with Gasteiger partial charge in [0, 0.05) is 6.42 Å². The van der Waals surface area contributed by atoms with E-state index >= 15 is 0 Å². The van der Waals surface area contributed by atoms with Crippen molar-refractivity contribution in [1.29, 1.82) is 0 Å². The summed E-state index contributed by atoms with van der Waals surface area (Å²) in [6, 6.07) is 0. The highest BCUT2D eigenvalue weighted by atomic mass is 32.2. The van der Waals surface area contributed by atoms with Gasteiger partial charge in [-0.05, 0) is 12.7 Å². The maximum absolute atomic E-state index is 10.4. The molecule has 0 bridgehead atoms. The number of hydrogen-bond donors (Lipinski definition) is 0. The Bertz CT molecular complexity index is 61.1. The van der Waals surface area contributed by atoms with Gasteiger partial charge in [-0.25, -0.2) is 0 Å². The van der Waals surface area contributed by atoms with Gasteiger partial charge < -0.3 is 0 Å². The van der Waals surface area contributed by atoms with E-state index in [2.05, 4.69) is 0 Å². The number of hydrogen-bond acceptors (Lipinski definition) is 2. The zero-order valence-corrected chi connectivity index (χ0v) is 5.55. The minimum atomic E-state index is 0.294. The molecule has 1 nitrogen and oxygen atoms in total. The third-order valence-corrected chi connectivity index (χ3v) is 1.34. The summed E-state index contributed by atoms with van der Waals surface area (Å²) < 4.78 is 0. The molecule has 0 aromatic rings. The van der Waals surface area contributed by atoms with Crippen molar-refractivity contribution >= 4 is 16.9 Å². The van der Waals surface area contributed by atoms with E-state index in [1.165, 1.54) is 11.8 Å². The van der Waals surface area contributed by atoms with Crippen LogP contribution in [0.3, 0.4) is 0 Å². The summed E-state index contributed by atoms with van der Waals surface area (Å²) in [6.07, 6.45) is 3.51. The maximum atomic E-state index is 10.4. The quantitative estimate of drug-likeness (QED) is 0.548. The van der Waals surface area contributed by atoms with Crippen molar-refractivity contribution in [2.75, 3.05) is 6.26 Å². The fourth-order valence-corrected chi connectivity index (χ4v) is 0.714. The second kappa shape index (κ2) is 4.19. The predicted molar refractivity (Wildman–Crippen MR) is 33.4 cm³/mol. The summed E-state index contributed by atoms with van der Waals surface area (Å²) in [5, 5.41) is 0.294. The molecule has 0 amide bonds. The van der Waals surface area contributed by atoms with E-state index in [1.54, 1.807) is 0 Å². The summed E-state index contributed by atoms with van der Waals surface area (Å²) >= 11 is 1.31. The first kappa shape index (κ1) is 7.02. The largest absolute Gasteiger partial charge is 0.287 e. The summed E-state index contributed by atoms with van der Waals surface area (Å²) in [7, 11) is 0. The van der Waals surface area contributed by atoms with Crippen LogP contribution in [-0.4, -0.2) is 11.4 Å². The summed E-state index contributed by atoms with van der Waals surface area (Å²) in [5.41, 5.74) is 0. The average molecular weight is 118 g/mol. The molecule has 42 valence electrons. The highest BCUT2D eigenvalue weighted by Crippen LogP contribution is 2.00. The Hall–Kier alpha value is 0.0200. The lowest BCUT2D eigenvalue weighted by atomic mass is 10.4. The van der Waals surface area contributed by atoms with Crippen LogP contribution in [0.5, 0.6) is 0 Å². The monoisotopic (exact) mass is 118 g/mol. The van der Waals surface area contributed by atoms with Crippen LogP contribution in [0.2, 0.25) is 0 Å². The highest BCUT2D eigenvalue weighted by molar-refractivity contribution is 8.13. The lowest BCUT2D eigenvalue weighted by molar-refractivity contribution is -0.110. The van der Waals surface area contributed by atoms with Gasteiger partial charge in [-0.2, -0.15) is 0 Å². The van der Waals surface area contributed by atoms with Crippen molar-refractivity contribution < 1.29 is 4.79 Å². The van der Waals surface area contributed by atoms with Crippen molar-refractivity contribution in [3.63, 3.8) is 0 Å². The molecule has 0 aromatic carbocycles. The fraction of sp³-hybridized carbons (Fsp3) is 0.800. The van der Waals surface area contributed by atoms with E-state index < -0.39 is 0 Å². The van der Waals surface area contributed by atoms with Gasteiger partial charge in [-0.15, -0.1) is 0 Å². The second-order valence-corrected chi connectivity index (χ2v) is 2.19. The van der Waals surface area contributed by atoms with Crippen molar-refractivity contribution in [1.82, 2.24) is 0 Å². The molecule has 0 spiro atoms. The van der Waals surface area contributed by atoms with Gasteiger partial charge in [-0.3, -0.25) is 4.79 Å². The molecule has 7 heavy (non-hydrogen) atoms. The minimum Gasteiger partial charge on any atom is -0.287 e.